The average Bonchev–Trinajstić information content (AvgIpc) is 2.05. The summed E-state index contributed by atoms with van der Waals surface area (Å²) in [6, 6.07) is 0. The van der Waals surface area contributed by atoms with Crippen molar-refractivity contribution in [2.45, 2.75) is 63.7 Å². The number of unbranched alkanes of at least 4 members (excludes halogenated alkanes) is 2. The third kappa shape index (κ3) is 6.99. The lowest BCUT2D eigenvalue weighted by Gasteiger charge is -2.13. The summed E-state index contributed by atoms with van der Waals surface area (Å²) >= 11 is 4.35. The molecule has 0 bridgehead atoms. The van der Waals surface area contributed by atoms with Gasteiger partial charge < -0.3 is 5.11 Å². The smallest absolute Gasteiger partial charge is 0.0550 e. The Kier molecular flexibility index (Phi) is 8.14. The Morgan fingerprint density at radius 3 is 2.42 bits per heavy atom. The summed E-state index contributed by atoms with van der Waals surface area (Å²) in [6.45, 7) is 4.29. The van der Waals surface area contributed by atoms with Gasteiger partial charge >= 0.3 is 0 Å². The van der Waals surface area contributed by atoms with Crippen LogP contribution < -0.4 is 0 Å². The molecule has 12 heavy (non-hydrogen) atoms. The van der Waals surface area contributed by atoms with Crippen LogP contribution in [0.2, 0.25) is 0 Å². The molecule has 2 unspecified atom stereocenters. The fourth-order valence-electron chi connectivity index (χ4n) is 1.23. The Morgan fingerprint density at radius 1 is 1.25 bits per heavy atom. The first-order valence-corrected chi connectivity index (χ1v) is 5.58. The molecule has 0 rings (SSSR count). The molecule has 0 spiro atoms. The molecule has 0 heterocycles. The van der Waals surface area contributed by atoms with Crippen LogP contribution in [0.25, 0.3) is 0 Å². The molecule has 0 saturated heterocycles. The molecule has 2 heteroatoms. The standard InChI is InChI=1S/C10H22OS/c1-3-5-6-7-9(11)8-10(12)4-2/h9-12H,3-8H2,1-2H3. The van der Waals surface area contributed by atoms with Gasteiger partial charge in [0, 0.05) is 5.25 Å². The van der Waals surface area contributed by atoms with Crippen LogP contribution in [-0.4, -0.2) is 16.5 Å². The van der Waals surface area contributed by atoms with Crippen molar-refractivity contribution in [2.24, 2.45) is 0 Å². The highest BCUT2D eigenvalue weighted by Crippen LogP contribution is 2.13. The van der Waals surface area contributed by atoms with Crippen LogP contribution in [0.5, 0.6) is 0 Å². The minimum atomic E-state index is -0.126. The van der Waals surface area contributed by atoms with E-state index in [2.05, 4.69) is 26.5 Å². The van der Waals surface area contributed by atoms with E-state index in [-0.39, 0.29) is 6.10 Å². The highest BCUT2D eigenvalue weighted by Gasteiger charge is 2.08. The van der Waals surface area contributed by atoms with Crippen LogP contribution in [0, 0.1) is 0 Å². The van der Waals surface area contributed by atoms with Crippen LogP contribution >= 0.6 is 12.6 Å². The molecule has 0 saturated carbocycles. The molecule has 0 aliphatic heterocycles. The van der Waals surface area contributed by atoms with Crippen molar-refractivity contribution >= 4 is 12.6 Å². The minimum Gasteiger partial charge on any atom is -0.393 e. The van der Waals surface area contributed by atoms with Gasteiger partial charge in [-0.3, -0.25) is 0 Å². The number of aliphatic hydroxyl groups excluding tert-OH is 1. The van der Waals surface area contributed by atoms with E-state index in [1.165, 1.54) is 12.8 Å². The molecule has 1 nitrogen and oxygen atoms in total. The van der Waals surface area contributed by atoms with E-state index in [4.69, 9.17) is 0 Å². The Morgan fingerprint density at radius 2 is 1.92 bits per heavy atom. The van der Waals surface area contributed by atoms with Gasteiger partial charge in [-0.15, -0.1) is 0 Å². The first-order valence-electron chi connectivity index (χ1n) is 5.06. The summed E-state index contributed by atoms with van der Waals surface area (Å²) in [5.41, 5.74) is 0. The lowest BCUT2D eigenvalue weighted by Crippen LogP contribution is -2.12. The van der Waals surface area contributed by atoms with Crippen molar-refractivity contribution in [2.75, 3.05) is 0 Å². The van der Waals surface area contributed by atoms with Gasteiger partial charge in [-0.05, 0) is 19.3 Å². The van der Waals surface area contributed by atoms with Crippen molar-refractivity contribution in [1.82, 2.24) is 0 Å². The molecular formula is C10H22OS. The summed E-state index contributed by atoms with van der Waals surface area (Å²) < 4.78 is 0. The maximum absolute atomic E-state index is 9.53. The fraction of sp³-hybridized carbons (Fsp3) is 1.00. The van der Waals surface area contributed by atoms with Gasteiger partial charge in [0.05, 0.1) is 6.10 Å². The molecule has 0 aromatic carbocycles. The third-order valence-corrected chi connectivity index (χ3v) is 2.73. The highest BCUT2D eigenvalue weighted by atomic mass is 32.1. The van der Waals surface area contributed by atoms with Crippen LogP contribution in [0.3, 0.4) is 0 Å². The van der Waals surface area contributed by atoms with E-state index in [0.717, 1.165) is 25.7 Å². The predicted molar refractivity (Wildman–Crippen MR) is 57.8 cm³/mol. The third-order valence-electron chi connectivity index (χ3n) is 2.16. The number of hydrogen-bond donors (Lipinski definition) is 2. The zero-order valence-electron chi connectivity index (χ0n) is 8.29. The maximum Gasteiger partial charge on any atom is 0.0550 e. The van der Waals surface area contributed by atoms with E-state index in [1.54, 1.807) is 0 Å². The van der Waals surface area contributed by atoms with Crippen LogP contribution in [0.15, 0.2) is 0 Å². The van der Waals surface area contributed by atoms with E-state index in [1.807, 2.05) is 0 Å². The minimum absolute atomic E-state index is 0.126. The Balaban J connectivity index is 3.26. The van der Waals surface area contributed by atoms with Gasteiger partial charge in [-0.2, -0.15) is 12.6 Å². The van der Waals surface area contributed by atoms with Gasteiger partial charge in [0.15, 0.2) is 0 Å². The summed E-state index contributed by atoms with van der Waals surface area (Å²) in [7, 11) is 0. The van der Waals surface area contributed by atoms with Gasteiger partial charge in [0.2, 0.25) is 0 Å². The number of hydrogen-bond acceptors (Lipinski definition) is 2. The zero-order chi connectivity index (χ0) is 9.40. The lowest BCUT2D eigenvalue weighted by molar-refractivity contribution is 0.150. The van der Waals surface area contributed by atoms with E-state index < -0.39 is 0 Å². The summed E-state index contributed by atoms with van der Waals surface area (Å²) in [5, 5.41) is 9.90. The Labute approximate surface area is 82.0 Å². The van der Waals surface area contributed by atoms with Gasteiger partial charge in [-0.25, -0.2) is 0 Å². The Bertz CT molecular complexity index is 95.8. The summed E-state index contributed by atoms with van der Waals surface area (Å²) in [6.07, 6.45) is 6.34. The quantitative estimate of drug-likeness (QED) is 0.467. The van der Waals surface area contributed by atoms with Gasteiger partial charge in [-0.1, -0.05) is 33.1 Å². The number of rotatable bonds is 7. The van der Waals surface area contributed by atoms with Crippen molar-refractivity contribution in [3.63, 3.8) is 0 Å². The van der Waals surface area contributed by atoms with Crippen molar-refractivity contribution in [3.8, 4) is 0 Å². The second-order valence-electron chi connectivity index (χ2n) is 3.45. The maximum atomic E-state index is 9.53. The fourth-order valence-corrected chi connectivity index (χ4v) is 1.47. The van der Waals surface area contributed by atoms with Crippen molar-refractivity contribution in [3.05, 3.63) is 0 Å². The molecule has 0 amide bonds. The predicted octanol–water partition coefficient (Wildman–Crippen LogP) is 3.03. The first kappa shape index (κ1) is 12.3. The molecule has 0 radical (unpaired) electrons. The van der Waals surface area contributed by atoms with E-state index >= 15 is 0 Å². The van der Waals surface area contributed by atoms with Crippen molar-refractivity contribution < 1.29 is 5.11 Å². The molecule has 1 N–H and O–H groups in total. The highest BCUT2D eigenvalue weighted by molar-refractivity contribution is 7.80. The van der Waals surface area contributed by atoms with E-state index in [9.17, 15) is 5.11 Å². The Hall–Kier alpha value is 0.310. The van der Waals surface area contributed by atoms with E-state index in [0.29, 0.717) is 5.25 Å². The summed E-state index contributed by atoms with van der Waals surface area (Å²) in [4.78, 5) is 0. The largest absolute Gasteiger partial charge is 0.393 e. The molecular weight excluding hydrogens is 168 g/mol. The van der Waals surface area contributed by atoms with Gasteiger partial charge in [0.25, 0.3) is 0 Å². The SMILES string of the molecule is CCCCCC(O)CC(S)CC. The van der Waals surface area contributed by atoms with Gasteiger partial charge in [0.1, 0.15) is 0 Å². The monoisotopic (exact) mass is 190 g/mol. The van der Waals surface area contributed by atoms with Crippen molar-refractivity contribution in [1.29, 1.82) is 0 Å². The number of thiol groups is 1. The molecule has 0 aromatic heterocycles. The summed E-state index contributed by atoms with van der Waals surface area (Å²) in [5.74, 6) is 0. The molecule has 0 aromatic rings. The molecule has 0 aliphatic rings. The molecule has 2 atom stereocenters. The normalized spacial score (nSPS) is 16.0. The topological polar surface area (TPSA) is 20.2 Å². The second kappa shape index (κ2) is 7.93. The molecule has 0 aliphatic carbocycles. The molecule has 0 fully saturated rings. The van der Waals surface area contributed by atoms with Crippen LogP contribution in [-0.2, 0) is 0 Å². The first-order chi connectivity index (χ1) is 5.70. The molecule has 74 valence electrons. The zero-order valence-corrected chi connectivity index (χ0v) is 9.19. The number of aliphatic hydroxyl groups is 1. The lowest BCUT2D eigenvalue weighted by atomic mass is 10.1. The van der Waals surface area contributed by atoms with Crippen LogP contribution in [0.1, 0.15) is 52.4 Å². The second-order valence-corrected chi connectivity index (χ2v) is 4.18. The van der Waals surface area contributed by atoms with Crippen LogP contribution in [0.4, 0.5) is 0 Å². The average molecular weight is 190 g/mol.